The van der Waals surface area contributed by atoms with Crippen molar-refractivity contribution in [1.29, 1.82) is 0 Å². The summed E-state index contributed by atoms with van der Waals surface area (Å²) in [6.07, 6.45) is -0.326. The van der Waals surface area contributed by atoms with Gasteiger partial charge in [0.15, 0.2) is 0 Å². The number of rotatable bonds is 5. The molecule has 0 radical (unpaired) electrons. The summed E-state index contributed by atoms with van der Waals surface area (Å²) >= 11 is 1.41. The van der Waals surface area contributed by atoms with Crippen LogP contribution in [-0.2, 0) is 28.6 Å². The summed E-state index contributed by atoms with van der Waals surface area (Å²) in [5.41, 5.74) is 0. The molecule has 3 fully saturated rings. The maximum Gasteiger partial charge on any atom is 0.330 e. The Morgan fingerprint density at radius 1 is 1.33 bits per heavy atom. The van der Waals surface area contributed by atoms with Crippen LogP contribution in [0.3, 0.4) is 0 Å². The Bertz CT molecular complexity index is 505. The van der Waals surface area contributed by atoms with Crippen molar-refractivity contribution in [2.75, 3.05) is 13.2 Å². The van der Waals surface area contributed by atoms with Crippen LogP contribution in [0.4, 0.5) is 0 Å². The lowest BCUT2D eigenvalue weighted by Crippen LogP contribution is -2.45. The fraction of sp³-hybridized carbons (Fsp3) is 0.615. The van der Waals surface area contributed by atoms with Crippen LogP contribution in [0.5, 0.6) is 0 Å². The van der Waals surface area contributed by atoms with Gasteiger partial charge in [0.25, 0.3) is 0 Å². The van der Waals surface area contributed by atoms with Gasteiger partial charge in [0, 0.05) is 11.3 Å². The standard InChI is InChI=1S/C13H14O7S/c1-2-5(14)18-3-4-19-12(16)6-7-11-9(20-13(7)17)8(15)10(6)21-11/h2,6-11,15H,1,3-4H2. The van der Waals surface area contributed by atoms with E-state index in [1.807, 2.05) is 0 Å². The van der Waals surface area contributed by atoms with E-state index in [0.717, 1.165) is 6.08 Å². The molecule has 6 atom stereocenters. The lowest BCUT2D eigenvalue weighted by molar-refractivity contribution is -0.157. The Labute approximate surface area is 124 Å². The minimum atomic E-state index is -0.834. The first-order valence-electron chi connectivity index (χ1n) is 6.54. The molecule has 0 spiro atoms. The highest BCUT2D eigenvalue weighted by Gasteiger charge is 2.69. The van der Waals surface area contributed by atoms with Crippen molar-refractivity contribution in [3.05, 3.63) is 12.7 Å². The molecule has 8 heteroatoms. The minimum absolute atomic E-state index is 0.0785. The number of esters is 3. The monoisotopic (exact) mass is 314 g/mol. The van der Waals surface area contributed by atoms with E-state index >= 15 is 0 Å². The van der Waals surface area contributed by atoms with Crippen molar-refractivity contribution in [2.24, 2.45) is 11.8 Å². The van der Waals surface area contributed by atoms with Gasteiger partial charge in [-0.15, -0.1) is 11.8 Å². The van der Waals surface area contributed by atoms with Crippen LogP contribution in [-0.4, -0.2) is 58.9 Å². The first-order chi connectivity index (χ1) is 10.0. The highest BCUT2D eigenvalue weighted by Crippen LogP contribution is 2.58. The third-order valence-corrected chi connectivity index (χ3v) is 5.70. The Hall–Kier alpha value is -1.54. The SMILES string of the molecule is C=CC(=O)OCCOC(=O)C1C2SC3C(OC(=O)C31)C2O. The summed E-state index contributed by atoms with van der Waals surface area (Å²) in [6.45, 7) is 3.06. The quantitative estimate of drug-likeness (QED) is 0.307. The molecule has 0 aliphatic carbocycles. The van der Waals surface area contributed by atoms with Gasteiger partial charge in [-0.05, 0) is 0 Å². The van der Waals surface area contributed by atoms with E-state index < -0.39 is 42.0 Å². The zero-order chi connectivity index (χ0) is 15.1. The molecule has 0 aromatic heterocycles. The van der Waals surface area contributed by atoms with Gasteiger partial charge in [0.2, 0.25) is 0 Å². The molecule has 3 aliphatic rings. The van der Waals surface area contributed by atoms with Crippen molar-refractivity contribution < 1.29 is 33.7 Å². The molecule has 0 aromatic rings. The number of carbonyl (C=O) groups is 3. The molecule has 114 valence electrons. The summed E-state index contributed by atoms with van der Waals surface area (Å²) in [5, 5.41) is 9.49. The Morgan fingerprint density at radius 3 is 2.76 bits per heavy atom. The average Bonchev–Trinajstić information content (AvgIpc) is 3.07. The molecule has 1 N–H and O–H groups in total. The van der Waals surface area contributed by atoms with Crippen LogP contribution in [0.2, 0.25) is 0 Å². The number of aliphatic hydroxyl groups excluding tert-OH is 1. The molecule has 0 aromatic carbocycles. The van der Waals surface area contributed by atoms with E-state index in [-0.39, 0.29) is 23.7 Å². The fourth-order valence-electron chi connectivity index (χ4n) is 3.07. The van der Waals surface area contributed by atoms with Gasteiger partial charge in [-0.25, -0.2) is 4.79 Å². The highest BCUT2D eigenvalue weighted by molar-refractivity contribution is 8.01. The van der Waals surface area contributed by atoms with Crippen molar-refractivity contribution in [3.63, 3.8) is 0 Å². The van der Waals surface area contributed by atoms with E-state index in [1.165, 1.54) is 11.8 Å². The number of carbonyl (C=O) groups excluding carboxylic acids is 3. The number of hydrogen-bond acceptors (Lipinski definition) is 8. The smallest absolute Gasteiger partial charge is 0.330 e. The molecule has 2 bridgehead atoms. The van der Waals surface area contributed by atoms with E-state index in [2.05, 4.69) is 11.3 Å². The van der Waals surface area contributed by atoms with Crippen LogP contribution in [0.25, 0.3) is 0 Å². The molecule has 0 saturated carbocycles. The van der Waals surface area contributed by atoms with Crippen molar-refractivity contribution in [3.8, 4) is 0 Å². The number of ether oxygens (including phenoxy) is 3. The first-order valence-corrected chi connectivity index (χ1v) is 7.48. The fourth-order valence-corrected chi connectivity index (χ4v) is 5.02. The molecule has 3 rings (SSSR count). The molecule has 3 aliphatic heterocycles. The summed E-state index contributed by atoms with van der Waals surface area (Å²) in [4.78, 5) is 34.7. The Balaban J connectivity index is 1.57. The minimum Gasteiger partial charge on any atom is -0.462 e. The van der Waals surface area contributed by atoms with Gasteiger partial charge in [0.1, 0.15) is 25.4 Å². The van der Waals surface area contributed by atoms with Crippen LogP contribution in [0.15, 0.2) is 12.7 Å². The third-order valence-electron chi connectivity index (χ3n) is 3.94. The van der Waals surface area contributed by atoms with Crippen LogP contribution in [0.1, 0.15) is 0 Å². The first kappa shape index (κ1) is 14.4. The van der Waals surface area contributed by atoms with Crippen molar-refractivity contribution >= 4 is 29.7 Å². The molecule has 21 heavy (non-hydrogen) atoms. The van der Waals surface area contributed by atoms with Crippen molar-refractivity contribution in [1.82, 2.24) is 0 Å². The van der Waals surface area contributed by atoms with Gasteiger partial charge in [-0.2, -0.15) is 0 Å². The second kappa shape index (κ2) is 5.34. The molecule has 0 amide bonds. The van der Waals surface area contributed by atoms with Crippen molar-refractivity contribution in [2.45, 2.75) is 22.7 Å². The molecular formula is C13H14O7S. The molecule has 3 saturated heterocycles. The summed E-state index contributed by atoms with van der Waals surface area (Å²) in [7, 11) is 0. The van der Waals surface area contributed by atoms with Gasteiger partial charge >= 0.3 is 17.9 Å². The second-order valence-corrected chi connectivity index (χ2v) is 6.41. The number of thioether (sulfide) groups is 1. The lowest BCUT2D eigenvalue weighted by atomic mass is 9.78. The zero-order valence-corrected chi connectivity index (χ0v) is 11.8. The Kier molecular flexibility index (Phi) is 3.66. The normalized spacial score (nSPS) is 39.0. The molecular weight excluding hydrogens is 300 g/mol. The lowest BCUT2D eigenvalue weighted by Gasteiger charge is -2.25. The van der Waals surface area contributed by atoms with Crippen LogP contribution < -0.4 is 0 Å². The number of aliphatic hydroxyl groups is 1. The Morgan fingerprint density at radius 2 is 2.05 bits per heavy atom. The van der Waals surface area contributed by atoms with Gasteiger partial charge < -0.3 is 19.3 Å². The van der Waals surface area contributed by atoms with Crippen LogP contribution >= 0.6 is 11.8 Å². The number of hydrogen-bond donors (Lipinski definition) is 1. The van der Waals surface area contributed by atoms with E-state index in [0.29, 0.717) is 0 Å². The second-order valence-electron chi connectivity index (χ2n) is 5.05. The van der Waals surface area contributed by atoms with E-state index in [9.17, 15) is 19.5 Å². The predicted octanol–water partition coefficient (Wildman–Crippen LogP) is -0.725. The predicted molar refractivity (Wildman–Crippen MR) is 70.1 cm³/mol. The topological polar surface area (TPSA) is 99.1 Å². The van der Waals surface area contributed by atoms with Gasteiger partial charge in [0.05, 0.1) is 17.1 Å². The third kappa shape index (κ3) is 2.22. The zero-order valence-electron chi connectivity index (χ0n) is 11.0. The maximum atomic E-state index is 12.1. The number of fused-ring (bicyclic) bond motifs is 1. The maximum absolute atomic E-state index is 12.1. The average molecular weight is 314 g/mol. The van der Waals surface area contributed by atoms with Gasteiger partial charge in [-0.1, -0.05) is 6.58 Å². The summed E-state index contributed by atoms with van der Waals surface area (Å²) in [6, 6.07) is 0. The summed E-state index contributed by atoms with van der Waals surface area (Å²) < 4.78 is 14.8. The molecule has 6 unspecified atom stereocenters. The van der Waals surface area contributed by atoms with E-state index in [4.69, 9.17) is 9.47 Å². The van der Waals surface area contributed by atoms with Crippen LogP contribution in [0, 0.1) is 11.8 Å². The highest BCUT2D eigenvalue weighted by atomic mass is 32.2. The van der Waals surface area contributed by atoms with E-state index in [1.54, 1.807) is 0 Å². The van der Waals surface area contributed by atoms with Gasteiger partial charge in [-0.3, -0.25) is 9.59 Å². The molecule has 3 heterocycles. The largest absolute Gasteiger partial charge is 0.462 e. The summed E-state index contributed by atoms with van der Waals surface area (Å²) in [5.74, 6) is -2.85. The molecule has 7 nitrogen and oxygen atoms in total.